The van der Waals surface area contributed by atoms with Gasteiger partial charge in [0, 0.05) is 38.0 Å². The summed E-state index contributed by atoms with van der Waals surface area (Å²) in [4.78, 5) is 16.9. The van der Waals surface area contributed by atoms with Crippen LogP contribution in [0.25, 0.3) is 0 Å². The maximum Gasteiger partial charge on any atom is 0.435 e. The number of aryl methyl sites for hydroxylation is 1. The summed E-state index contributed by atoms with van der Waals surface area (Å²) in [6.45, 7) is 0.536. The van der Waals surface area contributed by atoms with Crippen LogP contribution < -0.4 is 10.5 Å². The Labute approximate surface area is 187 Å². The van der Waals surface area contributed by atoms with Crippen molar-refractivity contribution in [3.63, 3.8) is 0 Å². The fraction of sp³-hybridized carbons (Fsp3) is 0.286. The molecular weight excluding hydrogens is 447 g/mol. The monoisotopic (exact) mass is 467 g/mol. The van der Waals surface area contributed by atoms with Crippen LogP contribution >= 0.6 is 11.6 Å². The number of pyridine rings is 1. The SMILES string of the molecule is CN(CCc1ccc(Oc2ccc(C(N)=O)cn2)cc1)Cc1c(C(F)(F)F)nn(C)c1Cl. The molecule has 170 valence electrons. The molecule has 11 heteroatoms. The second-order valence-corrected chi connectivity index (χ2v) is 7.58. The van der Waals surface area contributed by atoms with E-state index in [2.05, 4.69) is 10.1 Å². The van der Waals surface area contributed by atoms with Crippen molar-refractivity contribution in [2.24, 2.45) is 12.8 Å². The summed E-state index contributed by atoms with van der Waals surface area (Å²) >= 11 is 6.02. The summed E-state index contributed by atoms with van der Waals surface area (Å²) in [7, 11) is 3.11. The lowest BCUT2D eigenvalue weighted by atomic mass is 10.1. The van der Waals surface area contributed by atoms with E-state index < -0.39 is 17.8 Å². The van der Waals surface area contributed by atoms with Crippen LogP contribution in [0.4, 0.5) is 13.2 Å². The van der Waals surface area contributed by atoms with E-state index in [1.807, 2.05) is 12.1 Å². The molecule has 2 aromatic heterocycles. The molecule has 0 aliphatic heterocycles. The molecular formula is C21H21ClF3N5O2. The van der Waals surface area contributed by atoms with Crippen LogP contribution in [-0.2, 0) is 26.2 Å². The predicted molar refractivity (Wildman–Crippen MR) is 113 cm³/mol. The summed E-state index contributed by atoms with van der Waals surface area (Å²) in [6.07, 6.45) is -2.62. The molecule has 0 saturated carbocycles. The molecule has 2 N–H and O–H groups in total. The molecule has 1 aromatic carbocycles. The van der Waals surface area contributed by atoms with Gasteiger partial charge in [-0.05, 0) is 37.2 Å². The van der Waals surface area contributed by atoms with Gasteiger partial charge < -0.3 is 15.4 Å². The Hall–Kier alpha value is -3.11. The lowest BCUT2D eigenvalue weighted by Gasteiger charge is -2.17. The van der Waals surface area contributed by atoms with E-state index in [1.54, 1.807) is 30.1 Å². The molecule has 3 rings (SSSR count). The first-order chi connectivity index (χ1) is 15.0. The average molecular weight is 468 g/mol. The summed E-state index contributed by atoms with van der Waals surface area (Å²) < 4.78 is 46.3. The molecule has 0 radical (unpaired) electrons. The maximum atomic E-state index is 13.2. The van der Waals surface area contributed by atoms with Crippen LogP contribution in [0.5, 0.6) is 11.6 Å². The minimum absolute atomic E-state index is 0.0235. The zero-order valence-electron chi connectivity index (χ0n) is 17.4. The molecule has 0 bridgehead atoms. The Bertz CT molecular complexity index is 1080. The number of aromatic nitrogens is 3. The smallest absolute Gasteiger partial charge is 0.435 e. The Kier molecular flexibility index (Phi) is 7.05. The molecule has 32 heavy (non-hydrogen) atoms. The van der Waals surface area contributed by atoms with Crippen molar-refractivity contribution in [2.75, 3.05) is 13.6 Å². The van der Waals surface area contributed by atoms with Gasteiger partial charge in [0.15, 0.2) is 5.69 Å². The maximum absolute atomic E-state index is 13.2. The van der Waals surface area contributed by atoms with Gasteiger partial charge in [-0.2, -0.15) is 18.3 Å². The summed E-state index contributed by atoms with van der Waals surface area (Å²) in [5.41, 5.74) is 5.44. The normalized spacial score (nSPS) is 11.7. The lowest BCUT2D eigenvalue weighted by molar-refractivity contribution is -0.142. The third-order valence-electron chi connectivity index (χ3n) is 4.71. The Morgan fingerprint density at radius 3 is 2.47 bits per heavy atom. The highest BCUT2D eigenvalue weighted by molar-refractivity contribution is 6.30. The quantitative estimate of drug-likeness (QED) is 0.540. The van der Waals surface area contributed by atoms with Crippen LogP contribution in [0.15, 0.2) is 42.6 Å². The lowest BCUT2D eigenvalue weighted by Crippen LogP contribution is -2.22. The van der Waals surface area contributed by atoms with Crippen LogP contribution in [-0.4, -0.2) is 39.2 Å². The van der Waals surface area contributed by atoms with Crippen molar-refractivity contribution in [3.8, 4) is 11.6 Å². The zero-order valence-corrected chi connectivity index (χ0v) is 18.1. The van der Waals surface area contributed by atoms with Gasteiger partial charge in [-0.1, -0.05) is 23.7 Å². The summed E-state index contributed by atoms with van der Waals surface area (Å²) in [5.74, 6) is 0.300. The van der Waals surface area contributed by atoms with Crippen LogP contribution in [0.1, 0.15) is 27.2 Å². The number of ether oxygens (including phenoxy) is 1. The number of halogens is 4. The standard InChI is InChI=1S/C21H21ClF3N5O2/c1-29(12-16-18(21(23,24)25)28-30(2)19(16)22)10-9-13-3-6-15(7-4-13)32-17-8-5-14(11-27-17)20(26)31/h3-8,11H,9-10,12H2,1-2H3,(H2,26,31). The minimum Gasteiger partial charge on any atom is -0.439 e. The largest absolute Gasteiger partial charge is 0.439 e. The first-order valence-corrected chi connectivity index (χ1v) is 9.92. The van der Waals surface area contributed by atoms with E-state index in [-0.39, 0.29) is 22.8 Å². The molecule has 3 aromatic rings. The van der Waals surface area contributed by atoms with Gasteiger partial charge in [-0.3, -0.25) is 9.48 Å². The third kappa shape index (κ3) is 5.77. The molecule has 0 aliphatic carbocycles. The van der Waals surface area contributed by atoms with E-state index in [1.165, 1.54) is 19.3 Å². The van der Waals surface area contributed by atoms with Gasteiger partial charge in [0.2, 0.25) is 11.8 Å². The second-order valence-electron chi connectivity index (χ2n) is 7.22. The fourth-order valence-corrected chi connectivity index (χ4v) is 3.20. The number of benzene rings is 1. The highest BCUT2D eigenvalue weighted by Gasteiger charge is 2.38. The first kappa shape index (κ1) is 23.6. The summed E-state index contributed by atoms with van der Waals surface area (Å²) in [6, 6.07) is 10.3. The summed E-state index contributed by atoms with van der Waals surface area (Å²) in [5, 5.41) is 3.48. The van der Waals surface area contributed by atoms with Gasteiger partial charge in [0.1, 0.15) is 10.9 Å². The molecule has 2 heterocycles. The topological polar surface area (TPSA) is 86.3 Å². The van der Waals surface area contributed by atoms with E-state index >= 15 is 0 Å². The number of likely N-dealkylation sites (N-methyl/N-ethyl adjacent to an activating group) is 1. The molecule has 0 aliphatic rings. The molecule has 0 fully saturated rings. The molecule has 7 nitrogen and oxygen atoms in total. The second kappa shape index (κ2) is 9.58. The Balaban J connectivity index is 1.57. The molecule has 0 spiro atoms. The van der Waals surface area contributed by atoms with E-state index in [0.717, 1.165) is 10.2 Å². The number of amides is 1. The van der Waals surface area contributed by atoms with E-state index in [9.17, 15) is 18.0 Å². The van der Waals surface area contributed by atoms with Gasteiger partial charge >= 0.3 is 6.18 Å². The highest BCUT2D eigenvalue weighted by Crippen LogP contribution is 2.34. The van der Waals surface area contributed by atoms with Crippen molar-refractivity contribution < 1.29 is 22.7 Å². The zero-order chi connectivity index (χ0) is 23.5. The number of hydrogen-bond acceptors (Lipinski definition) is 5. The molecule has 0 saturated heterocycles. The minimum atomic E-state index is -4.56. The number of nitrogens with zero attached hydrogens (tertiary/aromatic N) is 4. The molecule has 1 amide bonds. The first-order valence-electron chi connectivity index (χ1n) is 9.54. The van der Waals surface area contributed by atoms with Gasteiger partial charge in [0.25, 0.3) is 0 Å². The number of primary amides is 1. The number of nitrogens with two attached hydrogens (primary N) is 1. The van der Waals surface area contributed by atoms with Crippen molar-refractivity contribution in [1.29, 1.82) is 0 Å². The van der Waals surface area contributed by atoms with Crippen molar-refractivity contribution in [2.45, 2.75) is 19.1 Å². The van der Waals surface area contributed by atoms with Crippen LogP contribution in [0.2, 0.25) is 5.15 Å². The van der Waals surface area contributed by atoms with Crippen molar-refractivity contribution in [1.82, 2.24) is 19.7 Å². The van der Waals surface area contributed by atoms with Crippen LogP contribution in [0, 0.1) is 0 Å². The molecule has 0 unspecified atom stereocenters. The predicted octanol–water partition coefficient (Wildman–Crippen LogP) is 4.05. The third-order valence-corrected chi connectivity index (χ3v) is 5.19. The van der Waals surface area contributed by atoms with Gasteiger partial charge in [0.05, 0.1) is 5.56 Å². The van der Waals surface area contributed by atoms with Gasteiger partial charge in [-0.25, -0.2) is 4.98 Å². The average Bonchev–Trinajstić information content (AvgIpc) is 3.02. The number of rotatable bonds is 8. The number of carbonyl (C=O) groups excluding carboxylic acids is 1. The Morgan fingerprint density at radius 1 is 1.22 bits per heavy atom. The van der Waals surface area contributed by atoms with Crippen molar-refractivity contribution >= 4 is 17.5 Å². The van der Waals surface area contributed by atoms with E-state index in [4.69, 9.17) is 22.1 Å². The number of alkyl halides is 3. The molecule has 0 atom stereocenters. The Morgan fingerprint density at radius 2 is 1.91 bits per heavy atom. The number of carbonyl (C=O) groups is 1. The van der Waals surface area contributed by atoms with Crippen LogP contribution in [0.3, 0.4) is 0 Å². The van der Waals surface area contributed by atoms with Crippen molar-refractivity contribution in [3.05, 3.63) is 70.1 Å². The van der Waals surface area contributed by atoms with E-state index in [0.29, 0.717) is 24.6 Å². The number of hydrogen-bond donors (Lipinski definition) is 1. The van der Waals surface area contributed by atoms with Gasteiger partial charge in [-0.15, -0.1) is 0 Å². The highest BCUT2D eigenvalue weighted by atomic mass is 35.5. The fourth-order valence-electron chi connectivity index (χ4n) is 3.02.